The van der Waals surface area contributed by atoms with E-state index in [-0.39, 0.29) is 17.4 Å². The Kier molecular flexibility index (Phi) is 5.20. The largest absolute Gasteiger partial charge is 0.306 e. The van der Waals surface area contributed by atoms with Gasteiger partial charge in [-0.15, -0.1) is 5.10 Å². The number of hydrogen-bond donors (Lipinski definition) is 1. The lowest BCUT2D eigenvalue weighted by molar-refractivity contribution is 0.102. The summed E-state index contributed by atoms with van der Waals surface area (Å²) < 4.78 is 18.3. The Bertz CT molecular complexity index is 1340. The molecule has 0 spiro atoms. The highest BCUT2D eigenvalue weighted by atomic mass is 19.1. The molecule has 1 aliphatic rings. The minimum Gasteiger partial charge on any atom is -0.306 e. The lowest BCUT2D eigenvalue weighted by Crippen LogP contribution is -2.15. The molecule has 33 heavy (non-hydrogen) atoms. The number of tetrazole rings is 1. The van der Waals surface area contributed by atoms with Crippen molar-refractivity contribution in [3.63, 3.8) is 0 Å². The van der Waals surface area contributed by atoms with E-state index in [1.165, 1.54) is 6.07 Å². The van der Waals surface area contributed by atoms with E-state index in [2.05, 4.69) is 30.9 Å². The van der Waals surface area contributed by atoms with Gasteiger partial charge in [-0.25, -0.2) is 14.1 Å². The molecule has 1 amide bonds. The summed E-state index contributed by atoms with van der Waals surface area (Å²) in [7, 11) is 0. The van der Waals surface area contributed by atoms with E-state index in [1.807, 2.05) is 31.6 Å². The van der Waals surface area contributed by atoms with Crippen LogP contribution in [0.1, 0.15) is 54.7 Å². The first-order valence-electron chi connectivity index (χ1n) is 10.8. The topological polar surface area (TPSA) is 103 Å². The van der Waals surface area contributed by atoms with Crippen LogP contribution in [0.25, 0.3) is 22.6 Å². The van der Waals surface area contributed by atoms with Crippen LogP contribution >= 0.6 is 0 Å². The van der Waals surface area contributed by atoms with Gasteiger partial charge in [0.05, 0.1) is 23.8 Å². The van der Waals surface area contributed by atoms with Gasteiger partial charge in [0.1, 0.15) is 17.3 Å². The number of benzene rings is 1. The average Bonchev–Trinajstić information content (AvgIpc) is 3.31. The van der Waals surface area contributed by atoms with Gasteiger partial charge in [-0.1, -0.05) is 6.07 Å². The molecule has 0 bridgehead atoms. The molecule has 0 unspecified atom stereocenters. The molecule has 168 valence electrons. The van der Waals surface area contributed by atoms with Gasteiger partial charge in [0.2, 0.25) is 5.82 Å². The third-order valence-corrected chi connectivity index (χ3v) is 5.59. The summed E-state index contributed by atoms with van der Waals surface area (Å²) in [5.74, 6) is -0.420. The van der Waals surface area contributed by atoms with E-state index in [4.69, 9.17) is 0 Å². The maximum atomic E-state index is 14.8. The van der Waals surface area contributed by atoms with Crippen molar-refractivity contribution in [2.75, 3.05) is 5.32 Å². The van der Waals surface area contributed by atoms with Crippen LogP contribution in [-0.4, -0.2) is 40.9 Å². The lowest BCUT2D eigenvalue weighted by Gasteiger charge is -2.11. The second-order valence-corrected chi connectivity index (χ2v) is 8.49. The number of aromatic nitrogens is 7. The summed E-state index contributed by atoms with van der Waals surface area (Å²) >= 11 is 0. The molecule has 9 nitrogen and oxygen atoms in total. The second kappa shape index (κ2) is 8.19. The normalized spacial score (nSPS) is 13.5. The van der Waals surface area contributed by atoms with Gasteiger partial charge in [0.25, 0.3) is 5.91 Å². The molecule has 5 rings (SSSR count). The van der Waals surface area contributed by atoms with E-state index in [0.717, 1.165) is 29.5 Å². The summed E-state index contributed by atoms with van der Waals surface area (Å²) in [4.78, 5) is 17.4. The third kappa shape index (κ3) is 4.11. The maximum absolute atomic E-state index is 14.8. The first kappa shape index (κ1) is 20.9. The van der Waals surface area contributed by atoms with Crippen molar-refractivity contribution in [1.82, 2.24) is 35.0 Å². The molecule has 4 aromatic rings. The van der Waals surface area contributed by atoms with Crippen molar-refractivity contribution in [2.45, 2.75) is 45.7 Å². The van der Waals surface area contributed by atoms with E-state index in [9.17, 15) is 9.18 Å². The average molecular weight is 446 g/mol. The number of halogens is 1. The molecule has 1 aromatic carbocycles. The van der Waals surface area contributed by atoms with Crippen molar-refractivity contribution in [3.8, 4) is 22.6 Å². The molecule has 1 saturated carbocycles. The third-order valence-electron chi connectivity index (χ3n) is 5.59. The van der Waals surface area contributed by atoms with Gasteiger partial charge in [0, 0.05) is 11.8 Å². The van der Waals surface area contributed by atoms with Gasteiger partial charge < -0.3 is 5.32 Å². The number of carbonyl (C=O) groups excluding carboxylic acids is 1. The first-order chi connectivity index (χ1) is 15.9. The standard InChI is InChI=1S/C23H23FN8O/c1-13(2)32-22(28-29-30-32)20-5-4-6-21(26-20)27-23(33)18-10-17(14(3)9-19(18)24)15-11-25-31(12-15)16-7-8-16/h4-6,9-13,16H,7-8H2,1-3H3,(H,26,27,33). The minimum absolute atomic E-state index is 0.0411. The predicted molar refractivity (Wildman–Crippen MR) is 120 cm³/mol. The van der Waals surface area contributed by atoms with Crippen molar-refractivity contribution < 1.29 is 9.18 Å². The van der Waals surface area contributed by atoms with E-state index in [1.54, 1.807) is 35.1 Å². The summed E-state index contributed by atoms with van der Waals surface area (Å²) in [6, 6.07) is 8.55. The molecule has 0 atom stereocenters. The van der Waals surface area contributed by atoms with Crippen LogP contribution in [0.5, 0.6) is 0 Å². The number of anilines is 1. The highest BCUT2D eigenvalue weighted by Gasteiger charge is 2.25. The zero-order chi connectivity index (χ0) is 23.1. The van der Waals surface area contributed by atoms with Gasteiger partial charge in [-0.2, -0.15) is 5.10 Å². The number of amides is 1. The number of aryl methyl sites for hydroxylation is 1. The molecule has 3 heterocycles. The van der Waals surface area contributed by atoms with Gasteiger partial charge >= 0.3 is 0 Å². The van der Waals surface area contributed by atoms with Crippen LogP contribution in [0.4, 0.5) is 10.2 Å². The Morgan fingerprint density at radius 3 is 2.82 bits per heavy atom. The van der Waals surface area contributed by atoms with Crippen LogP contribution in [-0.2, 0) is 0 Å². The quantitative estimate of drug-likeness (QED) is 0.476. The molecule has 0 radical (unpaired) electrons. The highest BCUT2D eigenvalue weighted by Crippen LogP contribution is 2.36. The van der Waals surface area contributed by atoms with Crippen molar-refractivity contribution in [1.29, 1.82) is 0 Å². The molecule has 1 aliphatic carbocycles. The highest BCUT2D eigenvalue weighted by molar-refractivity contribution is 6.05. The molecule has 10 heteroatoms. The van der Waals surface area contributed by atoms with Crippen LogP contribution < -0.4 is 5.32 Å². The van der Waals surface area contributed by atoms with Gasteiger partial charge in [-0.3, -0.25) is 9.48 Å². The summed E-state index contributed by atoms with van der Waals surface area (Å²) in [5.41, 5.74) is 2.80. The Morgan fingerprint density at radius 2 is 2.06 bits per heavy atom. The number of nitrogens with zero attached hydrogens (tertiary/aromatic N) is 7. The minimum atomic E-state index is -0.594. The molecule has 1 N–H and O–H groups in total. The van der Waals surface area contributed by atoms with Crippen LogP contribution in [0.3, 0.4) is 0 Å². The Hall–Kier alpha value is -3.95. The molecular weight excluding hydrogens is 423 g/mol. The van der Waals surface area contributed by atoms with Gasteiger partial charge in [-0.05, 0) is 79.4 Å². The summed E-state index contributed by atoms with van der Waals surface area (Å²) in [6.07, 6.45) is 5.94. The molecular formula is C23H23FN8O. The number of pyridine rings is 1. The van der Waals surface area contributed by atoms with E-state index < -0.39 is 11.7 Å². The Morgan fingerprint density at radius 1 is 1.24 bits per heavy atom. The SMILES string of the molecule is Cc1cc(F)c(C(=O)Nc2cccc(-c3nnnn3C(C)C)n2)cc1-c1cnn(C2CC2)c1. The number of carbonyl (C=O) groups is 1. The monoisotopic (exact) mass is 446 g/mol. The fourth-order valence-corrected chi connectivity index (χ4v) is 3.70. The predicted octanol–water partition coefficient (Wildman–Crippen LogP) is 4.21. The Labute approximate surface area is 189 Å². The van der Waals surface area contributed by atoms with E-state index in [0.29, 0.717) is 17.6 Å². The Balaban J connectivity index is 1.42. The summed E-state index contributed by atoms with van der Waals surface area (Å²) in [6.45, 7) is 5.73. The maximum Gasteiger partial charge on any atom is 0.259 e. The summed E-state index contributed by atoms with van der Waals surface area (Å²) in [5, 5.41) is 18.8. The first-order valence-corrected chi connectivity index (χ1v) is 10.8. The number of hydrogen-bond acceptors (Lipinski definition) is 6. The lowest BCUT2D eigenvalue weighted by atomic mass is 9.99. The molecule has 0 aliphatic heterocycles. The smallest absolute Gasteiger partial charge is 0.259 e. The number of nitrogens with one attached hydrogen (secondary N) is 1. The molecule has 1 fully saturated rings. The second-order valence-electron chi connectivity index (χ2n) is 8.49. The molecule has 0 saturated heterocycles. The van der Waals surface area contributed by atoms with Crippen molar-refractivity contribution in [2.24, 2.45) is 0 Å². The van der Waals surface area contributed by atoms with E-state index >= 15 is 0 Å². The van der Waals surface area contributed by atoms with Crippen molar-refractivity contribution in [3.05, 3.63) is 59.7 Å². The van der Waals surface area contributed by atoms with Crippen molar-refractivity contribution >= 4 is 11.7 Å². The van der Waals surface area contributed by atoms with Crippen LogP contribution in [0, 0.1) is 12.7 Å². The zero-order valence-electron chi connectivity index (χ0n) is 18.5. The van der Waals surface area contributed by atoms with Gasteiger partial charge in [0.15, 0.2) is 0 Å². The number of rotatable bonds is 6. The fourth-order valence-electron chi connectivity index (χ4n) is 3.70. The van der Waals surface area contributed by atoms with Crippen LogP contribution in [0.15, 0.2) is 42.7 Å². The van der Waals surface area contributed by atoms with Crippen LogP contribution in [0.2, 0.25) is 0 Å². The zero-order valence-corrected chi connectivity index (χ0v) is 18.5. The fraction of sp³-hybridized carbons (Fsp3) is 0.304. The molecule has 3 aromatic heterocycles.